The molecule has 2 aromatic rings. The molecule has 1 aromatic carbocycles. The first-order chi connectivity index (χ1) is 12.4. The van der Waals surface area contributed by atoms with Gasteiger partial charge in [-0.1, -0.05) is 39.8 Å². The van der Waals surface area contributed by atoms with E-state index in [-0.39, 0.29) is 10.8 Å². The maximum atomic E-state index is 4.93. The van der Waals surface area contributed by atoms with Gasteiger partial charge >= 0.3 is 0 Å². The van der Waals surface area contributed by atoms with Crippen LogP contribution in [0.15, 0.2) is 30.5 Å². The molecule has 0 N–H and O–H groups in total. The molecule has 0 amide bonds. The lowest BCUT2D eigenvalue weighted by Gasteiger charge is -2.41. The summed E-state index contributed by atoms with van der Waals surface area (Å²) in [6.45, 7) is 9.55. The van der Waals surface area contributed by atoms with Crippen molar-refractivity contribution in [2.45, 2.75) is 88.9 Å². The average molecular weight is 346 g/mol. The van der Waals surface area contributed by atoms with Crippen molar-refractivity contribution in [2.75, 3.05) is 0 Å². The first-order valence-electron chi connectivity index (χ1n) is 10.5. The van der Waals surface area contributed by atoms with Crippen molar-refractivity contribution in [3.05, 3.63) is 52.7 Å². The zero-order valence-corrected chi connectivity index (χ0v) is 16.7. The third-order valence-corrected chi connectivity index (χ3v) is 7.73. The first kappa shape index (κ1) is 16.5. The minimum atomic E-state index is 0.241. The fourth-order valence-electron chi connectivity index (χ4n) is 5.78. The van der Waals surface area contributed by atoms with Crippen LogP contribution in [0.2, 0.25) is 0 Å². The van der Waals surface area contributed by atoms with Crippen LogP contribution in [-0.2, 0) is 10.8 Å². The van der Waals surface area contributed by atoms with Gasteiger partial charge in [-0.05, 0) is 95.6 Å². The molecule has 0 radical (unpaired) electrons. The molecule has 26 heavy (non-hydrogen) atoms. The average Bonchev–Trinajstić information content (AvgIpc) is 2.66. The van der Waals surface area contributed by atoms with Gasteiger partial charge in [-0.15, -0.1) is 0 Å². The van der Waals surface area contributed by atoms with E-state index in [0.29, 0.717) is 0 Å². The number of benzene rings is 1. The van der Waals surface area contributed by atoms with E-state index in [4.69, 9.17) is 4.98 Å². The molecule has 4 aliphatic rings. The van der Waals surface area contributed by atoms with E-state index in [1.165, 1.54) is 60.9 Å². The van der Waals surface area contributed by atoms with Crippen molar-refractivity contribution in [3.8, 4) is 11.3 Å². The quantitative estimate of drug-likeness (QED) is 0.550. The van der Waals surface area contributed by atoms with Crippen molar-refractivity contribution >= 4 is 0 Å². The van der Waals surface area contributed by atoms with Crippen molar-refractivity contribution < 1.29 is 0 Å². The molecule has 1 nitrogen and oxygen atoms in total. The van der Waals surface area contributed by atoms with Crippen LogP contribution in [0.3, 0.4) is 0 Å². The monoisotopic (exact) mass is 345 g/mol. The van der Waals surface area contributed by atoms with Crippen LogP contribution in [-0.4, -0.2) is 4.98 Å². The Labute approximate surface area is 158 Å². The van der Waals surface area contributed by atoms with Gasteiger partial charge in [0.1, 0.15) is 0 Å². The number of aromatic nitrogens is 1. The fourth-order valence-corrected chi connectivity index (χ4v) is 5.78. The fraction of sp³-hybridized carbons (Fsp3) is 0.560. The topological polar surface area (TPSA) is 12.9 Å². The van der Waals surface area contributed by atoms with Crippen LogP contribution in [0.4, 0.5) is 0 Å². The minimum absolute atomic E-state index is 0.241. The second-order valence-corrected chi connectivity index (χ2v) is 10.3. The number of hydrogen-bond donors (Lipinski definition) is 0. The van der Waals surface area contributed by atoms with Gasteiger partial charge in [0.05, 0.1) is 5.69 Å². The SMILES string of the molecule is CC1(C)CCC(C)(C)c2cc(-c3ccc4c(c3)C3CCC4CC3)ncc21. The highest BCUT2D eigenvalue weighted by molar-refractivity contribution is 5.64. The second-order valence-electron chi connectivity index (χ2n) is 10.3. The Balaban J connectivity index is 1.61. The molecular formula is C25H31N. The lowest BCUT2D eigenvalue weighted by atomic mass is 9.63. The van der Waals surface area contributed by atoms with E-state index in [0.717, 1.165) is 11.8 Å². The van der Waals surface area contributed by atoms with Crippen molar-refractivity contribution in [1.82, 2.24) is 4.98 Å². The molecule has 136 valence electrons. The van der Waals surface area contributed by atoms with Crippen LogP contribution in [0.1, 0.15) is 100 Å². The summed E-state index contributed by atoms with van der Waals surface area (Å²) in [7, 11) is 0. The van der Waals surface area contributed by atoms with Crippen LogP contribution >= 0.6 is 0 Å². The van der Waals surface area contributed by atoms with Gasteiger partial charge in [0, 0.05) is 11.8 Å². The van der Waals surface area contributed by atoms with Gasteiger partial charge in [-0.25, -0.2) is 0 Å². The molecule has 1 aromatic heterocycles. The van der Waals surface area contributed by atoms with E-state index < -0.39 is 0 Å². The minimum Gasteiger partial charge on any atom is -0.256 e. The summed E-state index contributed by atoms with van der Waals surface area (Å²) in [6, 6.07) is 9.62. The number of hydrogen-bond acceptors (Lipinski definition) is 1. The Kier molecular flexibility index (Phi) is 3.46. The molecule has 6 rings (SSSR count). The van der Waals surface area contributed by atoms with Crippen LogP contribution in [0.25, 0.3) is 11.3 Å². The molecule has 2 bridgehead atoms. The van der Waals surface area contributed by atoms with Gasteiger partial charge < -0.3 is 0 Å². The lowest BCUT2D eigenvalue weighted by Crippen LogP contribution is -2.34. The normalized spacial score (nSPS) is 27.7. The summed E-state index contributed by atoms with van der Waals surface area (Å²) in [6.07, 6.45) is 10.3. The van der Waals surface area contributed by atoms with E-state index in [1.807, 2.05) is 0 Å². The third-order valence-electron chi connectivity index (χ3n) is 7.73. The van der Waals surface area contributed by atoms with Crippen molar-refractivity contribution in [1.29, 1.82) is 0 Å². The summed E-state index contributed by atoms with van der Waals surface area (Å²) in [5.41, 5.74) is 9.20. The number of pyridine rings is 1. The summed E-state index contributed by atoms with van der Waals surface area (Å²) in [5, 5.41) is 0. The summed E-state index contributed by atoms with van der Waals surface area (Å²) in [5.74, 6) is 1.61. The Bertz CT molecular complexity index is 866. The third kappa shape index (κ3) is 2.39. The molecule has 1 fully saturated rings. The van der Waals surface area contributed by atoms with Crippen LogP contribution < -0.4 is 0 Å². The summed E-state index contributed by atoms with van der Waals surface area (Å²) in [4.78, 5) is 4.93. The first-order valence-corrected chi connectivity index (χ1v) is 10.5. The highest BCUT2D eigenvalue weighted by Gasteiger charge is 2.38. The zero-order valence-electron chi connectivity index (χ0n) is 16.7. The predicted octanol–water partition coefficient (Wildman–Crippen LogP) is 6.85. The molecular weight excluding hydrogens is 314 g/mol. The van der Waals surface area contributed by atoms with E-state index in [1.54, 1.807) is 11.1 Å². The molecule has 0 unspecified atom stereocenters. The van der Waals surface area contributed by atoms with E-state index in [9.17, 15) is 0 Å². The maximum absolute atomic E-state index is 4.93. The van der Waals surface area contributed by atoms with Crippen LogP contribution in [0.5, 0.6) is 0 Å². The van der Waals surface area contributed by atoms with Gasteiger partial charge in [0.15, 0.2) is 0 Å². The van der Waals surface area contributed by atoms with Crippen molar-refractivity contribution in [3.63, 3.8) is 0 Å². The van der Waals surface area contributed by atoms with E-state index in [2.05, 4.69) is 58.2 Å². The highest BCUT2D eigenvalue weighted by Crippen LogP contribution is 2.50. The Morgan fingerprint density at radius 3 is 2.08 bits per heavy atom. The van der Waals surface area contributed by atoms with Crippen molar-refractivity contribution in [2.24, 2.45) is 0 Å². The predicted molar refractivity (Wildman–Crippen MR) is 109 cm³/mol. The Morgan fingerprint density at radius 2 is 1.38 bits per heavy atom. The molecule has 1 heterocycles. The summed E-state index contributed by atoms with van der Waals surface area (Å²) < 4.78 is 0. The summed E-state index contributed by atoms with van der Waals surface area (Å²) >= 11 is 0. The molecule has 0 spiro atoms. The molecule has 1 saturated carbocycles. The molecule has 0 aliphatic heterocycles. The largest absolute Gasteiger partial charge is 0.256 e. The van der Waals surface area contributed by atoms with Gasteiger partial charge in [-0.2, -0.15) is 0 Å². The standard InChI is InChI=1S/C25H31N/c1-24(2)11-12-25(3,4)22-15-26-23(14-21(22)24)18-9-10-19-16-5-7-17(8-6-16)20(19)13-18/h9-10,13-17H,5-8,11-12H2,1-4H3. The smallest absolute Gasteiger partial charge is 0.0705 e. The number of fused-ring (bicyclic) bond motifs is 3. The van der Waals surface area contributed by atoms with Gasteiger partial charge in [0.2, 0.25) is 0 Å². The zero-order chi connectivity index (χ0) is 18.1. The second kappa shape index (κ2) is 5.44. The number of rotatable bonds is 1. The lowest BCUT2D eigenvalue weighted by molar-refractivity contribution is 0.331. The van der Waals surface area contributed by atoms with Crippen LogP contribution in [0, 0.1) is 0 Å². The van der Waals surface area contributed by atoms with E-state index >= 15 is 0 Å². The molecule has 0 atom stereocenters. The Hall–Kier alpha value is -1.63. The van der Waals surface area contributed by atoms with Gasteiger partial charge in [-0.3, -0.25) is 4.98 Å². The van der Waals surface area contributed by atoms with Gasteiger partial charge in [0.25, 0.3) is 0 Å². The maximum Gasteiger partial charge on any atom is 0.0705 e. The highest BCUT2D eigenvalue weighted by atomic mass is 14.7. The molecule has 0 saturated heterocycles. The Morgan fingerprint density at radius 1 is 0.769 bits per heavy atom. The molecule has 1 heteroatoms. The number of nitrogens with zero attached hydrogens (tertiary/aromatic N) is 1. The molecule has 4 aliphatic carbocycles.